The molecule has 1 saturated heterocycles. The van der Waals surface area contributed by atoms with Gasteiger partial charge in [-0.15, -0.1) is 0 Å². The highest BCUT2D eigenvalue weighted by Gasteiger charge is 2.40. The quantitative estimate of drug-likeness (QED) is 0.833. The summed E-state index contributed by atoms with van der Waals surface area (Å²) >= 11 is 0. The van der Waals surface area contributed by atoms with E-state index in [0.717, 1.165) is 25.7 Å². The van der Waals surface area contributed by atoms with Gasteiger partial charge in [-0.25, -0.2) is 0 Å². The summed E-state index contributed by atoms with van der Waals surface area (Å²) in [6, 6.07) is 0.220. The van der Waals surface area contributed by atoms with Crippen molar-refractivity contribution in [2.75, 3.05) is 19.6 Å². The Kier molecular flexibility index (Phi) is 6.09. The van der Waals surface area contributed by atoms with Gasteiger partial charge in [-0.3, -0.25) is 9.69 Å². The second-order valence-corrected chi connectivity index (χ2v) is 6.50. The molecular weight excluding hydrogens is 297 g/mol. The fourth-order valence-electron chi connectivity index (χ4n) is 3.35. The Bertz CT molecular complexity index is 370. The topological polar surface area (TPSA) is 52.6 Å². The van der Waals surface area contributed by atoms with Crippen molar-refractivity contribution in [3.05, 3.63) is 0 Å². The molecule has 128 valence electrons. The fourth-order valence-corrected chi connectivity index (χ4v) is 3.35. The van der Waals surface area contributed by atoms with E-state index in [1.165, 1.54) is 6.42 Å². The molecule has 7 heteroatoms. The second-order valence-electron chi connectivity index (χ2n) is 6.50. The van der Waals surface area contributed by atoms with Crippen molar-refractivity contribution in [2.24, 2.45) is 5.92 Å². The molecule has 2 atom stereocenters. The van der Waals surface area contributed by atoms with Gasteiger partial charge in [0.2, 0.25) is 5.91 Å². The molecule has 2 N–H and O–H groups in total. The Morgan fingerprint density at radius 3 is 2.50 bits per heavy atom. The van der Waals surface area contributed by atoms with E-state index in [1.54, 1.807) is 4.90 Å². The Morgan fingerprint density at radius 1 is 1.18 bits per heavy atom. The normalized spacial score (nSPS) is 26.6. The summed E-state index contributed by atoms with van der Waals surface area (Å²) in [5.74, 6) is -0.311. The van der Waals surface area contributed by atoms with Crippen LogP contribution in [0.15, 0.2) is 0 Å². The predicted molar refractivity (Wildman–Crippen MR) is 76.2 cm³/mol. The van der Waals surface area contributed by atoms with E-state index in [2.05, 4.69) is 5.32 Å². The standard InChI is InChI=1S/C15H25F3N2O2/c16-15(17,18)13(21)10-20-8-4-5-11(9-20)14(22)19-12-6-2-1-3-7-12/h11-13,21H,1-10H2,(H,19,22)/t11-,13+/m1/s1. The molecule has 2 rings (SSSR count). The molecule has 0 aromatic heterocycles. The van der Waals surface area contributed by atoms with Crippen molar-refractivity contribution in [3.8, 4) is 0 Å². The molecule has 1 heterocycles. The molecule has 0 radical (unpaired) electrons. The fraction of sp³-hybridized carbons (Fsp3) is 0.933. The highest BCUT2D eigenvalue weighted by atomic mass is 19.4. The van der Waals surface area contributed by atoms with Gasteiger partial charge in [0.05, 0.1) is 5.92 Å². The Morgan fingerprint density at radius 2 is 1.86 bits per heavy atom. The number of nitrogens with zero attached hydrogens (tertiary/aromatic N) is 1. The molecule has 0 spiro atoms. The molecule has 2 aliphatic rings. The number of aliphatic hydroxyl groups is 1. The molecular formula is C15H25F3N2O2. The number of amides is 1. The number of aliphatic hydroxyl groups excluding tert-OH is 1. The summed E-state index contributed by atoms with van der Waals surface area (Å²) < 4.78 is 37.2. The first-order valence-electron chi connectivity index (χ1n) is 8.14. The molecule has 0 unspecified atom stereocenters. The van der Waals surface area contributed by atoms with E-state index < -0.39 is 18.8 Å². The van der Waals surface area contributed by atoms with Crippen LogP contribution in [0.25, 0.3) is 0 Å². The largest absolute Gasteiger partial charge is 0.415 e. The molecule has 2 fully saturated rings. The monoisotopic (exact) mass is 322 g/mol. The summed E-state index contributed by atoms with van der Waals surface area (Å²) in [5, 5.41) is 12.2. The third-order valence-corrected chi connectivity index (χ3v) is 4.64. The zero-order chi connectivity index (χ0) is 16.2. The molecule has 1 aliphatic heterocycles. The van der Waals surface area contributed by atoms with E-state index in [0.29, 0.717) is 25.9 Å². The highest BCUT2D eigenvalue weighted by molar-refractivity contribution is 5.79. The number of likely N-dealkylation sites (tertiary alicyclic amines) is 1. The van der Waals surface area contributed by atoms with E-state index in [-0.39, 0.29) is 17.9 Å². The van der Waals surface area contributed by atoms with Crippen LogP contribution in [0.5, 0.6) is 0 Å². The number of hydrogen-bond donors (Lipinski definition) is 2. The van der Waals surface area contributed by atoms with Crippen molar-refractivity contribution in [1.29, 1.82) is 0 Å². The van der Waals surface area contributed by atoms with Crippen LogP contribution in [-0.2, 0) is 4.79 Å². The van der Waals surface area contributed by atoms with Crippen molar-refractivity contribution < 1.29 is 23.1 Å². The van der Waals surface area contributed by atoms with Gasteiger partial charge in [-0.2, -0.15) is 13.2 Å². The number of nitrogens with one attached hydrogen (secondary N) is 1. The number of piperidine rings is 1. The zero-order valence-electron chi connectivity index (χ0n) is 12.7. The van der Waals surface area contributed by atoms with E-state index in [4.69, 9.17) is 5.11 Å². The van der Waals surface area contributed by atoms with Gasteiger partial charge in [0.25, 0.3) is 0 Å². The number of rotatable bonds is 4. The number of hydrogen-bond acceptors (Lipinski definition) is 3. The molecule has 0 aromatic rings. The van der Waals surface area contributed by atoms with Gasteiger partial charge < -0.3 is 10.4 Å². The van der Waals surface area contributed by atoms with Crippen LogP contribution in [0.4, 0.5) is 13.2 Å². The molecule has 1 aliphatic carbocycles. The molecule has 4 nitrogen and oxygen atoms in total. The number of halogens is 3. The van der Waals surface area contributed by atoms with Crippen LogP contribution in [-0.4, -0.2) is 53.9 Å². The second kappa shape index (κ2) is 7.64. The lowest BCUT2D eigenvalue weighted by molar-refractivity contribution is -0.209. The maximum atomic E-state index is 12.4. The summed E-state index contributed by atoms with van der Waals surface area (Å²) in [6.07, 6.45) is -0.100. The zero-order valence-corrected chi connectivity index (χ0v) is 12.7. The van der Waals surface area contributed by atoms with Gasteiger partial charge in [0, 0.05) is 19.1 Å². The van der Waals surface area contributed by atoms with Gasteiger partial charge in [0.1, 0.15) is 0 Å². The van der Waals surface area contributed by atoms with Crippen molar-refractivity contribution in [3.63, 3.8) is 0 Å². The van der Waals surface area contributed by atoms with Crippen molar-refractivity contribution in [2.45, 2.75) is 63.3 Å². The molecule has 0 aromatic carbocycles. The number of carbonyl (C=O) groups excluding carboxylic acids is 1. The van der Waals surface area contributed by atoms with Crippen LogP contribution in [0.3, 0.4) is 0 Å². The first-order chi connectivity index (χ1) is 10.4. The minimum Gasteiger partial charge on any atom is -0.382 e. The van der Waals surface area contributed by atoms with Crippen LogP contribution in [0.1, 0.15) is 44.9 Å². The molecule has 1 amide bonds. The lowest BCUT2D eigenvalue weighted by Gasteiger charge is -2.34. The van der Waals surface area contributed by atoms with Crippen molar-refractivity contribution >= 4 is 5.91 Å². The maximum Gasteiger partial charge on any atom is 0.415 e. The number of β-amino-alcohol motifs (C(OH)–C–C–N with tert-alkyl or cyclic N) is 1. The van der Waals surface area contributed by atoms with Crippen LogP contribution < -0.4 is 5.32 Å². The number of alkyl halides is 3. The van der Waals surface area contributed by atoms with Gasteiger partial charge in [0.15, 0.2) is 6.10 Å². The third kappa shape index (κ3) is 5.12. The maximum absolute atomic E-state index is 12.4. The summed E-state index contributed by atoms with van der Waals surface area (Å²) in [7, 11) is 0. The number of carbonyl (C=O) groups is 1. The van der Waals surface area contributed by atoms with Gasteiger partial charge in [-0.1, -0.05) is 19.3 Å². The summed E-state index contributed by atoms with van der Waals surface area (Å²) in [5.41, 5.74) is 0. The minimum atomic E-state index is -4.60. The van der Waals surface area contributed by atoms with Crippen molar-refractivity contribution in [1.82, 2.24) is 10.2 Å². The van der Waals surface area contributed by atoms with Crippen LogP contribution in [0.2, 0.25) is 0 Å². The van der Waals surface area contributed by atoms with Gasteiger partial charge >= 0.3 is 6.18 Å². The van der Waals surface area contributed by atoms with Crippen LogP contribution >= 0.6 is 0 Å². The SMILES string of the molecule is O=C(NC1CCCCC1)[C@@H]1CCCN(C[C@H](O)C(F)(F)F)C1. The first-order valence-corrected chi connectivity index (χ1v) is 8.14. The van der Waals surface area contributed by atoms with E-state index >= 15 is 0 Å². The van der Waals surface area contributed by atoms with Gasteiger partial charge in [-0.05, 0) is 32.2 Å². The molecule has 1 saturated carbocycles. The molecule has 22 heavy (non-hydrogen) atoms. The Labute approximate surface area is 129 Å². The van der Waals surface area contributed by atoms with E-state index in [9.17, 15) is 18.0 Å². The summed E-state index contributed by atoms with van der Waals surface area (Å²) in [4.78, 5) is 13.8. The lowest BCUT2D eigenvalue weighted by Crippen LogP contribution is -2.49. The average Bonchev–Trinajstić information content (AvgIpc) is 2.47. The van der Waals surface area contributed by atoms with Crippen LogP contribution in [0, 0.1) is 5.92 Å². The third-order valence-electron chi connectivity index (χ3n) is 4.64. The minimum absolute atomic E-state index is 0.0434. The average molecular weight is 322 g/mol. The first kappa shape index (κ1) is 17.5. The lowest BCUT2D eigenvalue weighted by atomic mass is 9.93. The summed E-state index contributed by atoms with van der Waals surface area (Å²) in [6.45, 7) is 0.350. The highest BCUT2D eigenvalue weighted by Crippen LogP contribution is 2.24. The predicted octanol–water partition coefficient (Wildman–Crippen LogP) is 2.07. The van der Waals surface area contributed by atoms with E-state index in [1.807, 2.05) is 0 Å². The smallest absolute Gasteiger partial charge is 0.382 e. The Balaban J connectivity index is 1.80. The molecule has 0 bridgehead atoms. The Hall–Kier alpha value is -0.820.